The standard InChI is InChI=1S/C29H44F2N4O5S/c1-3-34(28(36)20-26-5-4-11-35(26)29(37)38)25-8-12-32(13-9-25)14-10-27(22-17-23(30)19-24(31)18-22)21-6-15-33(16-7-21)41(2,39)40/h17-19,21,25-27H,3-16,20H2,1-2H3,(H,37,38)/t26-,27+/m0/s1. The molecule has 0 unspecified atom stereocenters. The second-order valence-corrected chi connectivity index (χ2v) is 13.8. The molecule has 1 N–H and O–H groups in total. The second kappa shape index (κ2) is 13.8. The Morgan fingerprint density at radius 3 is 2.20 bits per heavy atom. The van der Waals surface area contributed by atoms with Gasteiger partial charge in [0.15, 0.2) is 0 Å². The predicted molar refractivity (Wildman–Crippen MR) is 152 cm³/mol. The van der Waals surface area contributed by atoms with Crippen molar-refractivity contribution < 1.29 is 31.9 Å². The molecule has 2 atom stereocenters. The summed E-state index contributed by atoms with van der Waals surface area (Å²) < 4.78 is 53.8. The van der Waals surface area contributed by atoms with E-state index in [0.29, 0.717) is 51.0 Å². The maximum atomic E-state index is 14.2. The van der Waals surface area contributed by atoms with Crippen LogP contribution < -0.4 is 0 Å². The third kappa shape index (κ3) is 8.16. The zero-order valence-corrected chi connectivity index (χ0v) is 25.0. The van der Waals surface area contributed by atoms with E-state index >= 15 is 0 Å². The highest BCUT2D eigenvalue weighted by Gasteiger charge is 2.35. The number of sulfonamides is 1. The lowest BCUT2D eigenvalue weighted by molar-refractivity contribution is -0.135. The van der Waals surface area contributed by atoms with Gasteiger partial charge in [-0.3, -0.25) is 4.79 Å². The van der Waals surface area contributed by atoms with E-state index < -0.39 is 27.8 Å². The fourth-order valence-electron chi connectivity index (χ4n) is 7.11. The number of nitrogens with zero attached hydrogens (tertiary/aromatic N) is 4. The summed E-state index contributed by atoms with van der Waals surface area (Å²) in [6, 6.07) is 3.55. The van der Waals surface area contributed by atoms with Crippen molar-refractivity contribution in [2.24, 2.45) is 5.92 Å². The second-order valence-electron chi connectivity index (χ2n) is 11.8. The number of likely N-dealkylation sites (tertiary alicyclic amines) is 2. The molecule has 0 radical (unpaired) electrons. The highest BCUT2D eigenvalue weighted by Crippen LogP contribution is 2.37. The van der Waals surface area contributed by atoms with E-state index in [0.717, 1.165) is 51.4 Å². The van der Waals surface area contributed by atoms with E-state index in [-0.39, 0.29) is 36.2 Å². The smallest absolute Gasteiger partial charge is 0.407 e. The topological polar surface area (TPSA) is 101 Å². The molecule has 1 aromatic carbocycles. The molecule has 9 nitrogen and oxygen atoms in total. The molecule has 3 fully saturated rings. The highest BCUT2D eigenvalue weighted by molar-refractivity contribution is 7.88. The first-order chi connectivity index (χ1) is 19.5. The predicted octanol–water partition coefficient (Wildman–Crippen LogP) is 3.96. The van der Waals surface area contributed by atoms with Crippen LogP contribution in [0.5, 0.6) is 0 Å². The largest absolute Gasteiger partial charge is 0.465 e. The van der Waals surface area contributed by atoms with Crippen LogP contribution >= 0.6 is 0 Å². The number of hydrogen-bond donors (Lipinski definition) is 1. The SMILES string of the molecule is CCN(C(=O)C[C@@H]1CCCN1C(=O)O)C1CCN(CC[C@@H](c2cc(F)cc(F)c2)C2CCN(S(C)(=O)=O)CC2)CC1. The molecule has 230 valence electrons. The van der Waals surface area contributed by atoms with E-state index in [9.17, 15) is 31.9 Å². The molecule has 1 aromatic rings. The van der Waals surface area contributed by atoms with Crippen LogP contribution in [0.1, 0.15) is 69.8 Å². The van der Waals surface area contributed by atoms with Gasteiger partial charge in [-0.1, -0.05) is 0 Å². The van der Waals surface area contributed by atoms with Gasteiger partial charge in [0.25, 0.3) is 0 Å². The van der Waals surface area contributed by atoms with Crippen LogP contribution in [0.4, 0.5) is 13.6 Å². The lowest BCUT2D eigenvalue weighted by Gasteiger charge is -2.40. The van der Waals surface area contributed by atoms with Crippen LogP contribution in [-0.4, -0.2) is 109 Å². The van der Waals surface area contributed by atoms with Crippen LogP contribution in [0, 0.1) is 17.6 Å². The zero-order chi connectivity index (χ0) is 29.7. The van der Waals surface area contributed by atoms with Crippen molar-refractivity contribution in [2.75, 3.05) is 52.1 Å². The van der Waals surface area contributed by atoms with Crippen molar-refractivity contribution in [1.29, 1.82) is 0 Å². The molecule has 3 aliphatic rings. The first-order valence-corrected chi connectivity index (χ1v) is 16.7. The molecule has 12 heteroatoms. The molecular weight excluding hydrogens is 554 g/mol. The van der Waals surface area contributed by atoms with Crippen LogP contribution in [0.15, 0.2) is 18.2 Å². The summed E-state index contributed by atoms with van der Waals surface area (Å²) in [5.74, 6) is -1.16. The minimum atomic E-state index is -3.27. The Bertz CT molecular complexity index is 1150. The average Bonchev–Trinajstić information content (AvgIpc) is 3.38. The Hall–Kier alpha value is -2.31. The van der Waals surface area contributed by atoms with Gasteiger partial charge in [0, 0.05) is 63.8 Å². The number of benzene rings is 1. The maximum Gasteiger partial charge on any atom is 0.407 e. The molecule has 2 amide bonds. The van der Waals surface area contributed by atoms with Crippen LogP contribution in [0.2, 0.25) is 0 Å². The summed E-state index contributed by atoms with van der Waals surface area (Å²) in [6.07, 6.45) is 5.62. The van der Waals surface area contributed by atoms with Crippen molar-refractivity contribution in [1.82, 2.24) is 19.0 Å². The normalized spacial score (nSPS) is 22.6. The Kier molecular flexibility index (Phi) is 10.6. The molecule has 0 saturated carbocycles. The first-order valence-electron chi connectivity index (χ1n) is 14.9. The molecule has 0 spiro atoms. The van der Waals surface area contributed by atoms with Crippen LogP contribution in [0.25, 0.3) is 0 Å². The van der Waals surface area contributed by atoms with E-state index in [1.807, 2.05) is 11.8 Å². The van der Waals surface area contributed by atoms with Crippen LogP contribution in [0.3, 0.4) is 0 Å². The Morgan fingerprint density at radius 2 is 1.63 bits per heavy atom. The van der Waals surface area contributed by atoms with E-state index in [1.165, 1.54) is 27.6 Å². The molecule has 0 aromatic heterocycles. The lowest BCUT2D eigenvalue weighted by atomic mass is 9.78. The summed E-state index contributed by atoms with van der Waals surface area (Å²) in [4.78, 5) is 30.3. The van der Waals surface area contributed by atoms with E-state index in [2.05, 4.69) is 4.90 Å². The van der Waals surface area contributed by atoms with Gasteiger partial charge in [-0.25, -0.2) is 26.3 Å². The first kappa shape index (κ1) is 31.6. The van der Waals surface area contributed by atoms with Crippen LogP contribution in [-0.2, 0) is 14.8 Å². The maximum absolute atomic E-state index is 14.2. The molecular formula is C29H44F2N4O5S. The van der Waals surface area contributed by atoms with Gasteiger partial charge in [-0.15, -0.1) is 0 Å². The lowest BCUT2D eigenvalue weighted by Crippen LogP contribution is -2.49. The molecule has 4 rings (SSSR count). The van der Waals surface area contributed by atoms with Gasteiger partial charge in [0.1, 0.15) is 11.6 Å². The quantitative estimate of drug-likeness (QED) is 0.438. The summed E-state index contributed by atoms with van der Waals surface area (Å²) in [7, 11) is -3.27. The number of halogens is 2. The van der Waals surface area contributed by atoms with Crippen molar-refractivity contribution >= 4 is 22.0 Å². The third-order valence-electron chi connectivity index (χ3n) is 9.30. The van der Waals surface area contributed by atoms with Gasteiger partial charge >= 0.3 is 6.09 Å². The Balaban J connectivity index is 1.34. The number of carboxylic acid groups (broad SMARTS) is 1. The summed E-state index contributed by atoms with van der Waals surface area (Å²) in [5, 5.41) is 9.42. The monoisotopic (exact) mass is 598 g/mol. The fourth-order valence-corrected chi connectivity index (χ4v) is 7.98. The number of rotatable bonds is 10. The molecule has 3 saturated heterocycles. The minimum Gasteiger partial charge on any atom is -0.465 e. The minimum absolute atomic E-state index is 0.0118. The third-order valence-corrected chi connectivity index (χ3v) is 10.6. The van der Waals surface area contributed by atoms with Gasteiger partial charge in [-0.05, 0) is 87.9 Å². The van der Waals surface area contributed by atoms with E-state index in [4.69, 9.17) is 0 Å². The number of amides is 2. The number of carbonyl (C=O) groups excluding carboxylic acids is 1. The molecule has 3 aliphatic heterocycles. The van der Waals surface area contributed by atoms with Crippen molar-refractivity contribution in [3.63, 3.8) is 0 Å². The van der Waals surface area contributed by atoms with Crippen molar-refractivity contribution in [3.05, 3.63) is 35.4 Å². The Morgan fingerprint density at radius 1 is 1.00 bits per heavy atom. The summed E-state index contributed by atoms with van der Waals surface area (Å²) in [5.41, 5.74) is 0.625. The molecule has 3 heterocycles. The van der Waals surface area contributed by atoms with E-state index in [1.54, 1.807) is 0 Å². The highest BCUT2D eigenvalue weighted by atomic mass is 32.2. The zero-order valence-electron chi connectivity index (χ0n) is 24.2. The summed E-state index contributed by atoms with van der Waals surface area (Å²) in [6.45, 7) is 6.21. The summed E-state index contributed by atoms with van der Waals surface area (Å²) >= 11 is 0. The number of piperidine rings is 2. The van der Waals surface area contributed by atoms with Crippen molar-refractivity contribution in [3.8, 4) is 0 Å². The van der Waals surface area contributed by atoms with Crippen molar-refractivity contribution in [2.45, 2.75) is 76.3 Å². The number of carbonyl (C=O) groups is 2. The molecule has 0 aliphatic carbocycles. The Labute approximate surface area is 242 Å². The van der Waals surface area contributed by atoms with Gasteiger partial charge in [-0.2, -0.15) is 0 Å². The molecule has 0 bridgehead atoms. The molecule has 41 heavy (non-hydrogen) atoms. The average molecular weight is 599 g/mol. The van der Waals surface area contributed by atoms with Gasteiger partial charge in [0.05, 0.1) is 6.26 Å². The van der Waals surface area contributed by atoms with Gasteiger partial charge < -0.3 is 19.8 Å². The van der Waals surface area contributed by atoms with Gasteiger partial charge in [0.2, 0.25) is 15.9 Å². The fraction of sp³-hybridized carbons (Fsp3) is 0.724. The number of hydrogen-bond acceptors (Lipinski definition) is 5.